The Morgan fingerprint density at radius 3 is 1.36 bits per heavy atom. The van der Waals surface area contributed by atoms with Gasteiger partial charge in [0.1, 0.15) is 0 Å². The fourth-order valence-electron chi connectivity index (χ4n) is 8.71. The Balaban J connectivity index is 0.000000329. The molecule has 0 bridgehead atoms. The van der Waals surface area contributed by atoms with Crippen LogP contribution < -0.4 is 0 Å². The van der Waals surface area contributed by atoms with Gasteiger partial charge < -0.3 is 4.57 Å². The summed E-state index contributed by atoms with van der Waals surface area (Å²) in [5.41, 5.74) is 7.55. The van der Waals surface area contributed by atoms with Crippen LogP contribution in [0.1, 0.15) is 20.3 Å². The van der Waals surface area contributed by atoms with Gasteiger partial charge in [0.15, 0.2) is 0 Å². The molecule has 1 heteroatoms. The van der Waals surface area contributed by atoms with Gasteiger partial charge in [-0.05, 0) is 131 Å². The SMILES string of the molecule is C=C/C=C/C.C=CC.C=CCC=C.Cn1c2cc(-c3cc4ccc5cccc6ccc(c3)c4c56)ccc2c2ccc(-c3ccc4ccc5cccc6ccc3c4c56)cc21. The average Bonchev–Trinajstić information content (AvgIpc) is 3.55. The molecular weight excluding hydrogens is 711 g/mol. The molecule has 0 aliphatic heterocycles. The van der Waals surface area contributed by atoms with Crippen molar-refractivity contribution in [1.29, 1.82) is 0 Å². The quantitative estimate of drug-likeness (QED) is 0.0935. The minimum absolute atomic E-state index is 0.917. The molecule has 0 fully saturated rings. The normalized spacial score (nSPS) is 11.2. The van der Waals surface area contributed by atoms with Gasteiger partial charge in [0.25, 0.3) is 0 Å². The van der Waals surface area contributed by atoms with Crippen LogP contribution in [0.4, 0.5) is 0 Å². The molecule has 10 aromatic carbocycles. The number of nitrogens with zero attached hydrogens (tertiary/aromatic N) is 1. The number of benzene rings is 10. The fraction of sp³-hybridized carbons (Fsp3) is 0.0690. The first-order valence-corrected chi connectivity index (χ1v) is 20.3. The molecular formula is C58H49N. The molecule has 11 rings (SSSR count). The van der Waals surface area contributed by atoms with Crippen molar-refractivity contribution in [2.75, 3.05) is 0 Å². The second kappa shape index (κ2) is 16.7. The lowest BCUT2D eigenvalue weighted by molar-refractivity contribution is 1.01. The predicted molar refractivity (Wildman–Crippen MR) is 265 cm³/mol. The highest BCUT2D eigenvalue weighted by Crippen LogP contribution is 2.42. The van der Waals surface area contributed by atoms with E-state index in [1.165, 1.54) is 109 Å². The van der Waals surface area contributed by atoms with E-state index in [1.54, 1.807) is 12.2 Å². The molecule has 11 aromatic rings. The number of allylic oxidation sites excluding steroid dienone is 6. The summed E-state index contributed by atoms with van der Waals surface area (Å²) in [6.45, 7) is 17.6. The van der Waals surface area contributed by atoms with Crippen LogP contribution >= 0.6 is 0 Å². The number of rotatable bonds is 5. The maximum Gasteiger partial charge on any atom is 0.0494 e. The fourth-order valence-corrected chi connectivity index (χ4v) is 8.71. The number of aromatic nitrogens is 1. The lowest BCUT2D eigenvalue weighted by Crippen LogP contribution is -1.90. The number of hydrogen-bond donors (Lipinski definition) is 0. The second-order valence-electron chi connectivity index (χ2n) is 15.0. The molecule has 0 saturated carbocycles. The first-order chi connectivity index (χ1) is 28.9. The molecule has 0 aliphatic carbocycles. The monoisotopic (exact) mass is 759 g/mol. The van der Waals surface area contributed by atoms with Gasteiger partial charge >= 0.3 is 0 Å². The van der Waals surface area contributed by atoms with E-state index in [2.05, 4.69) is 184 Å². The Hall–Kier alpha value is -7.22. The van der Waals surface area contributed by atoms with Crippen molar-refractivity contribution < 1.29 is 0 Å². The van der Waals surface area contributed by atoms with Gasteiger partial charge in [-0.25, -0.2) is 0 Å². The third-order valence-corrected chi connectivity index (χ3v) is 11.3. The summed E-state index contributed by atoms with van der Waals surface area (Å²) in [5, 5.41) is 18.5. The zero-order valence-electron chi connectivity index (χ0n) is 34.3. The highest BCUT2D eigenvalue weighted by molar-refractivity contribution is 6.26. The van der Waals surface area contributed by atoms with E-state index in [9.17, 15) is 0 Å². The van der Waals surface area contributed by atoms with Crippen molar-refractivity contribution in [3.8, 4) is 22.3 Å². The Morgan fingerprint density at radius 1 is 0.441 bits per heavy atom. The van der Waals surface area contributed by atoms with Gasteiger partial charge in [-0.15, -0.1) is 19.7 Å². The van der Waals surface area contributed by atoms with Gasteiger partial charge in [0.05, 0.1) is 0 Å². The highest BCUT2D eigenvalue weighted by Gasteiger charge is 2.16. The zero-order chi connectivity index (χ0) is 41.0. The third-order valence-electron chi connectivity index (χ3n) is 11.3. The maximum atomic E-state index is 3.48. The van der Waals surface area contributed by atoms with Crippen molar-refractivity contribution in [1.82, 2.24) is 4.57 Å². The molecule has 0 unspecified atom stereocenters. The van der Waals surface area contributed by atoms with Crippen LogP contribution in [0.5, 0.6) is 0 Å². The Morgan fingerprint density at radius 2 is 0.864 bits per heavy atom. The summed E-state index contributed by atoms with van der Waals surface area (Å²) in [5.74, 6) is 0. The lowest BCUT2D eigenvalue weighted by Gasteiger charge is -2.14. The predicted octanol–water partition coefficient (Wildman–Crippen LogP) is 17.1. The smallest absolute Gasteiger partial charge is 0.0494 e. The minimum Gasteiger partial charge on any atom is -0.344 e. The van der Waals surface area contributed by atoms with E-state index in [0.717, 1.165) is 6.42 Å². The molecule has 0 N–H and O–H groups in total. The molecule has 0 aliphatic rings. The summed E-state index contributed by atoms with van der Waals surface area (Å²) >= 11 is 0. The second-order valence-corrected chi connectivity index (χ2v) is 15.0. The molecule has 0 atom stereocenters. The van der Waals surface area contributed by atoms with E-state index in [-0.39, 0.29) is 0 Å². The zero-order valence-corrected chi connectivity index (χ0v) is 34.3. The van der Waals surface area contributed by atoms with E-state index < -0.39 is 0 Å². The van der Waals surface area contributed by atoms with Crippen LogP contribution in [-0.2, 0) is 7.05 Å². The van der Waals surface area contributed by atoms with Gasteiger partial charge in [0, 0.05) is 28.9 Å². The lowest BCUT2D eigenvalue weighted by atomic mass is 9.89. The topological polar surface area (TPSA) is 4.93 Å². The van der Waals surface area contributed by atoms with Crippen LogP contribution in [0.2, 0.25) is 0 Å². The largest absolute Gasteiger partial charge is 0.344 e. The van der Waals surface area contributed by atoms with Crippen molar-refractivity contribution in [3.63, 3.8) is 0 Å². The van der Waals surface area contributed by atoms with Crippen LogP contribution in [0.25, 0.3) is 109 Å². The van der Waals surface area contributed by atoms with Crippen molar-refractivity contribution in [2.24, 2.45) is 7.05 Å². The third kappa shape index (κ3) is 6.96. The summed E-state index contributed by atoms with van der Waals surface area (Å²) in [6, 6.07) is 54.7. The number of aryl methyl sites for hydroxylation is 1. The molecule has 0 radical (unpaired) electrons. The standard InChI is InChI=1S/C45H27N.2C5H8.C3H6/c1-46-40-24-31(35-22-33-12-10-26-4-2-5-27-11-13-34(23-35)44(33)42(26)27)16-19-37(40)38-20-17-32(25-41(38)46)36-18-14-30-9-8-28-6-3-7-29-15-21-39(36)45(30)43(28)29;2*1-3-5-4-2;1-3-2/h2-25H,1H3;3-5H,1H2,2H3;3-4H,1-2,5H2;3H,1H2,2H3/b;5-4+;;. The molecule has 0 amide bonds. The van der Waals surface area contributed by atoms with Gasteiger partial charge in [-0.2, -0.15) is 0 Å². The average molecular weight is 760 g/mol. The van der Waals surface area contributed by atoms with E-state index >= 15 is 0 Å². The molecule has 1 nitrogen and oxygen atoms in total. The first kappa shape index (κ1) is 38.6. The van der Waals surface area contributed by atoms with E-state index in [1.807, 2.05) is 38.2 Å². The van der Waals surface area contributed by atoms with Crippen molar-refractivity contribution >= 4 is 86.4 Å². The van der Waals surface area contributed by atoms with E-state index in [0.29, 0.717) is 0 Å². The van der Waals surface area contributed by atoms with Crippen LogP contribution in [0, 0.1) is 0 Å². The molecule has 0 saturated heterocycles. The van der Waals surface area contributed by atoms with Crippen LogP contribution in [0.3, 0.4) is 0 Å². The minimum atomic E-state index is 0.917. The maximum absolute atomic E-state index is 3.48. The summed E-state index contributed by atoms with van der Waals surface area (Å²) < 4.78 is 2.37. The molecule has 1 aromatic heterocycles. The first-order valence-electron chi connectivity index (χ1n) is 20.3. The van der Waals surface area contributed by atoms with Crippen molar-refractivity contribution in [3.05, 3.63) is 208 Å². The highest BCUT2D eigenvalue weighted by atomic mass is 14.9. The molecule has 286 valence electrons. The number of fused-ring (bicyclic) bond motifs is 3. The van der Waals surface area contributed by atoms with E-state index in [4.69, 9.17) is 0 Å². The molecule has 0 spiro atoms. The summed E-state index contributed by atoms with van der Waals surface area (Å²) in [7, 11) is 2.21. The number of hydrogen-bond acceptors (Lipinski definition) is 0. The van der Waals surface area contributed by atoms with Crippen LogP contribution in [0.15, 0.2) is 208 Å². The summed E-state index contributed by atoms with van der Waals surface area (Å²) in [4.78, 5) is 0. The van der Waals surface area contributed by atoms with Crippen molar-refractivity contribution in [2.45, 2.75) is 20.3 Å². The Kier molecular flexibility index (Phi) is 10.9. The summed E-state index contributed by atoms with van der Waals surface area (Å²) in [6.07, 6.45) is 11.9. The van der Waals surface area contributed by atoms with Gasteiger partial charge in [-0.3, -0.25) is 0 Å². The Bertz CT molecular complexity index is 3260. The molecule has 59 heavy (non-hydrogen) atoms. The Labute approximate surface area is 347 Å². The molecule has 1 heterocycles. The van der Waals surface area contributed by atoms with Crippen LogP contribution in [-0.4, -0.2) is 4.57 Å². The van der Waals surface area contributed by atoms with Gasteiger partial charge in [0.2, 0.25) is 0 Å². The van der Waals surface area contributed by atoms with Gasteiger partial charge in [-0.1, -0.05) is 164 Å².